The Morgan fingerprint density at radius 3 is 2.62 bits per heavy atom. The summed E-state index contributed by atoms with van der Waals surface area (Å²) in [6.07, 6.45) is 1.36. The Labute approximate surface area is 144 Å². The predicted octanol–water partition coefficient (Wildman–Crippen LogP) is 3.87. The van der Waals surface area contributed by atoms with Gasteiger partial charge in [-0.1, -0.05) is 20.8 Å². The van der Waals surface area contributed by atoms with Crippen LogP contribution in [0.15, 0.2) is 18.2 Å². The van der Waals surface area contributed by atoms with Gasteiger partial charge >= 0.3 is 0 Å². The zero-order chi connectivity index (χ0) is 18.1. The molecule has 1 amide bonds. The summed E-state index contributed by atoms with van der Waals surface area (Å²) in [7, 11) is -1.90. The quantitative estimate of drug-likeness (QED) is 0.611. The van der Waals surface area contributed by atoms with E-state index in [-0.39, 0.29) is 22.6 Å². The number of aldehydes is 1. The molecule has 24 heavy (non-hydrogen) atoms. The summed E-state index contributed by atoms with van der Waals surface area (Å²) in [6, 6.07) is 3.84. The van der Waals surface area contributed by atoms with Crippen molar-refractivity contribution in [1.29, 1.82) is 0 Å². The van der Waals surface area contributed by atoms with Gasteiger partial charge < -0.3 is 9.33 Å². The van der Waals surface area contributed by atoms with Crippen LogP contribution in [-0.4, -0.2) is 44.6 Å². The van der Waals surface area contributed by atoms with Gasteiger partial charge in [0.25, 0.3) is 5.91 Å². The number of benzene rings is 1. The van der Waals surface area contributed by atoms with Crippen LogP contribution in [0.25, 0.3) is 0 Å². The van der Waals surface area contributed by atoms with E-state index in [1.165, 1.54) is 12.1 Å². The molecule has 1 saturated heterocycles. The van der Waals surface area contributed by atoms with Crippen molar-refractivity contribution in [3.63, 3.8) is 0 Å². The van der Waals surface area contributed by atoms with Crippen molar-refractivity contribution >= 4 is 20.5 Å². The van der Waals surface area contributed by atoms with E-state index >= 15 is 0 Å². The molecule has 0 saturated carbocycles. The Hall–Kier alpha value is -1.53. The fourth-order valence-corrected chi connectivity index (χ4v) is 3.93. The Morgan fingerprint density at radius 2 is 2.04 bits per heavy atom. The first-order chi connectivity index (χ1) is 11.0. The lowest BCUT2D eigenvalue weighted by atomic mass is 10.1. The third-order valence-electron chi connectivity index (χ3n) is 5.06. The van der Waals surface area contributed by atoms with Crippen LogP contribution in [0.5, 0.6) is 0 Å². The fourth-order valence-electron chi connectivity index (χ4n) is 2.55. The minimum atomic E-state index is -1.90. The molecule has 1 heterocycles. The highest BCUT2D eigenvalue weighted by molar-refractivity contribution is 6.74. The number of amides is 1. The first kappa shape index (κ1) is 18.8. The number of halogens is 1. The van der Waals surface area contributed by atoms with E-state index in [4.69, 9.17) is 4.43 Å². The van der Waals surface area contributed by atoms with E-state index in [1.807, 2.05) is 0 Å². The van der Waals surface area contributed by atoms with E-state index in [0.29, 0.717) is 24.9 Å². The van der Waals surface area contributed by atoms with Gasteiger partial charge in [-0.3, -0.25) is 9.59 Å². The lowest BCUT2D eigenvalue weighted by molar-refractivity contribution is 0.0764. The molecule has 0 unspecified atom stereocenters. The molecule has 0 aromatic heterocycles. The highest BCUT2D eigenvalue weighted by Crippen LogP contribution is 2.38. The summed E-state index contributed by atoms with van der Waals surface area (Å²) in [5, 5.41) is 0.106. The van der Waals surface area contributed by atoms with Crippen molar-refractivity contribution in [2.75, 3.05) is 13.1 Å². The van der Waals surface area contributed by atoms with Crippen molar-refractivity contribution in [2.45, 2.75) is 51.4 Å². The number of rotatable bonds is 4. The molecule has 4 nitrogen and oxygen atoms in total. The minimum absolute atomic E-state index is 0.00726. The van der Waals surface area contributed by atoms with Crippen molar-refractivity contribution in [3.05, 3.63) is 35.1 Å². The Morgan fingerprint density at radius 1 is 1.38 bits per heavy atom. The van der Waals surface area contributed by atoms with Gasteiger partial charge in [0.15, 0.2) is 8.32 Å². The molecule has 0 radical (unpaired) electrons. The molecule has 0 N–H and O–H groups in total. The standard InChI is InChI=1S/C18H26FNO3Si/c1-18(2,3)24(4,5)23-14-8-9-20(11-14)17(22)15-10-13(12-21)6-7-16(15)19/h6-7,10,12,14H,8-9,11H2,1-5H3/t14-/m1/s1. The van der Waals surface area contributed by atoms with Crippen LogP contribution in [0.3, 0.4) is 0 Å². The number of nitrogens with zero attached hydrogens (tertiary/aromatic N) is 1. The highest BCUT2D eigenvalue weighted by atomic mass is 28.4. The topological polar surface area (TPSA) is 46.6 Å². The monoisotopic (exact) mass is 351 g/mol. The Balaban J connectivity index is 2.08. The van der Waals surface area contributed by atoms with E-state index in [9.17, 15) is 14.0 Å². The van der Waals surface area contributed by atoms with E-state index in [1.54, 1.807) is 4.90 Å². The molecular formula is C18H26FNO3Si. The number of carbonyl (C=O) groups is 2. The molecule has 1 aliphatic rings. The summed E-state index contributed by atoms with van der Waals surface area (Å²) in [5.41, 5.74) is 0.251. The van der Waals surface area contributed by atoms with Gasteiger partial charge in [0.2, 0.25) is 0 Å². The van der Waals surface area contributed by atoms with Crippen LogP contribution in [0.4, 0.5) is 4.39 Å². The molecule has 132 valence electrons. The normalized spacial score (nSPS) is 18.8. The van der Waals surface area contributed by atoms with Crippen molar-refractivity contribution in [3.8, 4) is 0 Å². The largest absolute Gasteiger partial charge is 0.412 e. The predicted molar refractivity (Wildman–Crippen MR) is 94.4 cm³/mol. The molecule has 1 atom stereocenters. The molecule has 1 fully saturated rings. The third-order valence-corrected chi connectivity index (χ3v) is 9.59. The maximum absolute atomic E-state index is 13.9. The van der Waals surface area contributed by atoms with Gasteiger partial charge in [0, 0.05) is 18.7 Å². The number of hydrogen-bond acceptors (Lipinski definition) is 3. The van der Waals surface area contributed by atoms with Gasteiger partial charge in [-0.15, -0.1) is 0 Å². The summed E-state index contributed by atoms with van der Waals surface area (Å²) < 4.78 is 20.3. The van der Waals surface area contributed by atoms with Gasteiger partial charge in [-0.2, -0.15) is 0 Å². The van der Waals surface area contributed by atoms with Gasteiger partial charge in [-0.05, 0) is 42.8 Å². The van der Waals surface area contributed by atoms with Crippen LogP contribution >= 0.6 is 0 Å². The zero-order valence-corrected chi connectivity index (χ0v) is 16.1. The van der Waals surface area contributed by atoms with Crippen LogP contribution in [0, 0.1) is 5.82 Å². The maximum atomic E-state index is 13.9. The van der Waals surface area contributed by atoms with Gasteiger partial charge in [0.05, 0.1) is 11.7 Å². The van der Waals surface area contributed by atoms with Crippen molar-refractivity contribution < 1.29 is 18.4 Å². The summed E-state index contributed by atoms with van der Waals surface area (Å²) >= 11 is 0. The molecule has 0 spiro atoms. The first-order valence-electron chi connectivity index (χ1n) is 8.27. The average Bonchev–Trinajstić information content (AvgIpc) is 2.93. The molecule has 0 bridgehead atoms. The molecule has 1 aromatic rings. The van der Waals surface area contributed by atoms with E-state index < -0.39 is 14.1 Å². The molecule has 6 heteroatoms. The molecule has 1 aromatic carbocycles. The molecule has 0 aliphatic carbocycles. The second kappa shape index (κ2) is 6.76. The smallest absolute Gasteiger partial charge is 0.256 e. The second-order valence-electron chi connectivity index (χ2n) is 7.90. The molecular weight excluding hydrogens is 325 g/mol. The van der Waals surface area contributed by atoms with E-state index in [2.05, 4.69) is 33.9 Å². The van der Waals surface area contributed by atoms with Crippen molar-refractivity contribution in [2.24, 2.45) is 0 Å². The molecule has 2 rings (SSSR count). The fraction of sp³-hybridized carbons (Fsp3) is 0.556. The lowest BCUT2D eigenvalue weighted by Crippen LogP contribution is -2.44. The van der Waals surface area contributed by atoms with Crippen LogP contribution in [0.2, 0.25) is 18.1 Å². The number of carbonyl (C=O) groups excluding carboxylic acids is 2. The Kier molecular flexibility index (Phi) is 5.30. The SMILES string of the molecule is CC(C)(C)[Si](C)(C)O[C@@H]1CCN(C(=O)c2cc(C=O)ccc2F)C1. The maximum Gasteiger partial charge on any atom is 0.256 e. The van der Waals surface area contributed by atoms with Gasteiger partial charge in [-0.25, -0.2) is 4.39 Å². The van der Waals surface area contributed by atoms with Gasteiger partial charge in [0.1, 0.15) is 12.1 Å². The van der Waals surface area contributed by atoms with Crippen molar-refractivity contribution in [1.82, 2.24) is 4.90 Å². The van der Waals surface area contributed by atoms with Crippen LogP contribution in [-0.2, 0) is 4.43 Å². The zero-order valence-electron chi connectivity index (χ0n) is 15.1. The summed E-state index contributed by atoms with van der Waals surface area (Å²) in [6.45, 7) is 11.9. The lowest BCUT2D eigenvalue weighted by Gasteiger charge is -2.38. The Bertz CT molecular complexity index is 640. The van der Waals surface area contributed by atoms with E-state index in [0.717, 1.165) is 12.5 Å². The average molecular weight is 351 g/mol. The number of likely N-dealkylation sites (tertiary alicyclic amines) is 1. The van der Waals surface area contributed by atoms with Crippen LogP contribution < -0.4 is 0 Å². The summed E-state index contributed by atoms with van der Waals surface area (Å²) in [4.78, 5) is 25.0. The summed E-state index contributed by atoms with van der Waals surface area (Å²) in [5.74, 6) is -0.975. The minimum Gasteiger partial charge on any atom is -0.412 e. The second-order valence-corrected chi connectivity index (χ2v) is 12.7. The third kappa shape index (κ3) is 3.92. The van der Waals surface area contributed by atoms with Crippen LogP contribution in [0.1, 0.15) is 47.9 Å². The first-order valence-corrected chi connectivity index (χ1v) is 11.2. The number of hydrogen-bond donors (Lipinski definition) is 0. The molecule has 1 aliphatic heterocycles. The highest BCUT2D eigenvalue weighted by Gasteiger charge is 2.41.